The summed E-state index contributed by atoms with van der Waals surface area (Å²) in [6.07, 6.45) is 2.47. The standard InChI is InChI=1S/C28H29F3N2/c1-3-4-11-20-12-5-7-14-22(20)19(2)32-27-23-15-8-6-13-21(23)18-26(33-27)24-16-9-10-17-25(24)28(29,30)31/h5,7,9-10,12,14,16-18H,2-4,6,8,11,13,15H2,1H3,(H,32,33). The molecular weight excluding hydrogens is 421 g/mol. The van der Waals surface area contributed by atoms with Crippen molar-refractivity contribution >= 4 is 11.5 Å². The molecule has 0 saturated heterocycles. The van der Waals surface area contributed by atoms with Gasteiger partial charge in [0.1, 0.15) is 5.82 Å². The highest BCUT2D eigenvalue weighted by Gasteiger charge is 2.34. The third-order valence-electron chi connectivity index (χ3n) is 6.26. The Kier molecular flexibility index (Phi) is 6.87. The molecule has 1 aromatic heterocycles. The van der Waals surface area contributed by atoms with Crippen LogP contribution in [0.1, 0.15) is 60.4 Å². The van der Waals surface area contributed by atoms with Crippen molar-refractivity contribution in [2.24, 2.45) is 0 Å². The number of unbranched alkanes of at least 4 members (excludes halogenated alkanes) is 1. The monoisotopic (exact) mass is 450 g/mol. The van der Waals surface area contributed by atoms with Crippen molar-refractivity contribution in [2.45, 2.75) is 58.0 Å². The molecule has 0 amide bonds. The smallest absolute Gasteiger partial charge is 0.340 e. The molecule has 2 aromatic carbocycles. The lowest BCUT2D eigenvalue weighted by Crippen LogP contribution is -2.13. The van der Waals surface area contributed by atoms with E-state index in [0.29, 0.717) is 11.5 Å². The molecule has 1 heterocycles. The van der Waals surface area contributed by atoms with Gasteiger partial charge in [0.2, 0.25) is 0 Å². The van der Waals surface area contributed by atoms with E-state index in [-0.39, 0.29) is 5.56 Å². The number of nitrogens with one attached hydrogen (secondary N) is 1. The summed E-state index contributed by atoms with van der Waals surface area (Å²) in [7, 11) is 0. The summed E-state index contributed by atoms with van der Waals surface area (Å²) in [5, 5.41) is 3.38. The molecule has 33 heavy (non-hydrogen) atoms. The van der Waals surface area contributed by atoms with Gasteiger partial charge in [-0.25, -0.2) is 4.98 Å². The van der Waals surface area contributed by atoms with E-state index in [0.717, 1.165) is 73.4 Å². The fraction of sp³-hybridized carbons (Fsp3) is 0.321. The number of alkyl halides is 3. The van der Waals surface area contributed by atoms with Gasteiger partial charge in [-0.15, -0.1) is 0 Å². The fourth-order valence-electron chi connectivity index (χ4n) is 4.55. The first kappa shape index (κ1) is 23.1. The van der Waals surface area contributed by atoms with E-state index in [9.17, 15) is 13.2 Å². The van der Waals surface area contributed by atoms with Crippen molar-refractivity contribution in [3.63, 3.8) is 0 Å². The van der Waals surface area contributed by atoms with Crippen LogP contribution in [0.2, 0.25) is 0 Å². The van der Waals surface area contributed by atoms with Gasteiger partial charge in [0.25, 0.3) is 0 Å². The van der Waals surface area contributed by atoms with E-state index >= 15 is 0 Å². The number of rotatable bonds is 7. The first-order valence-corrected chi connectivity index (χ1v) is 11.6. The van der Waals surface area contributed by atoms with E-state index in [2.05, 4.69) is 24.9 Å². The predicted molar refractivity (Wildman–Crippen MR) is 129 cm³/mol. The third kappa shape index (κ3) is 5.13. The zero-order valence-corrected chi connectivity index (χ0v) is 18.9. The van der Waals surface area contributed by atoms with Crippen molar-refractivity contribution in [3.8, 4) is 11.3 Å². The Morgan fingerprint density at radius 1 is 1.03 bits per heavy atom. The molecule has 0 saturated carbocycles. The molecule has 0 bridgehead atoms. The number of nitrogens with zero attached hydrogens (tertiary/aromatic N) is 1. The van der Waals surface area contributed by atoms with Crippen LogP contribution in [0.5, 0.6) is 0 Å². The summed E-state index contributed by atoms with van der Waals surface area (Å²) < 4.78 is 41.1. The van der Waals surface area contributed by atoms with Crippen molar-refractivity contribution < 1.29 is 13.2 Å². The summed E-state index contributed by atoms with van der Waals surface area (Å²) in [5.74, 6) is 0.620. The highest BCUT2D eigenvalue weighted by molar-refractivity contribution is 5.79. The van der Waals surface area contributed by atoms with Gasteiger partial charge in [0.05, 0.1) is 11.3 Å². The molecule has 0 spiro atoms. The molecule has 0 unspecified atom stereocenters. The quantitative estimate of drug-likeness (QED) is 0.394. The van der Waals surface area contributed by atoms with Gasteiger partial charge in [-0.1, -0.05) is 62.4 Å². The number of aryl methyl sites for hydroxylation is 2. The van der Waals surface area contributed by atoms with Crippen LogP contribution in [-0.4, -0.2) is 4.98 Å². The van der Waals surface area contributed by atoms with Crippen LogP contribution < -0.4 is 5.32 Å². The Balaban J connectivity index is 1.75. The lowest BCUT2D eigenvalue weighted by molar-refractivity contribution is -0.137. The molecule has 0 fully saturated rings. The minimum Gasteiger partial charge on any atom is -0.340 e. The molecule has 2 nitrogen and oxygen atoms in total. The molecular formula is C28H29F3N2. The Morgan fingerprint density at radius 2 is 1.76 bits per heavy atom. The van der Waals surface area contributed by atoms with Gasteiger partial charge in [-0.2, -0.15) is 13.2 Å². The summed E-state index contributed by atoms with van der Waals surface area (Å²) in [6, 6.07) is 15.6. The van der Waals surface area contributed by atoms with E-state index in [1.807, 2.05) is 24.3 Å². The van der Waals surface area contributed by atoms with Crippen molar-refractivity contribution in [2.75, 3.05) is 5.32 Å². The first-order chi connectivity index (χ1) is 15.9. The third-order valence-corrected chi connectivity index (χ3v) is 6.26. The Bertz CT molecular complexity index is 1150. The average Bonchev–Trinajstić information content (AvgIpc) is 2.82. The van der Waals surface area contributed by atoms with Gasteiger partial charge >= 0.3 is 6.18 Å². The zero-order valence-electron chi connectivity index (χ0n) is 18.9. The average molecular weight is 451 g/mol. The second-order valence-electron chi connectivity index (χ2n) is 8.61. The predicted octanol–water partition coefficient (Wildman–Crippen LogP) is 8.07. The van der Waals surface area contributed by atoms with E-state index in [1.165, 1.54) is 17.7 Å². The number of aromatic nitrogens is 1. The highest BCUT2D eigenvalue weighted by atomic mass is 19.4. The minimum atomic E-state index is -4.44. The highest BCUT2D eigenvalue weighted by Crippen LogP contribution is 2.39. The maximum Gasteiger partial charge on any atom is 0.417 e. The summed E-state index contributed by atoms with van der Waals surface area (Å²) in [5.41, 5.74) is 4.90. The van der Waals surface area contributed by atoms with Gasteiger partial charge < -0.3 is 5.32 Å². The number of fused-ring (bicyclic) bond motifs is 1. The molecule has 1 aliphatic rings. The Hall–Kier alpha value is -3.08. The van der Waals surface area contributed by atoms with Gasteiger partial charge in [0.15, 0.2) is 0 Å². The number of hydrogen-bond donors (Lipinski definition) is 1. The van der Waals surface area contributed by atoms with E-state index in [4.69, 9.17) is 4.98 Å². The van der Waals surface area contributed by atoms with Gasteiger partial charge in [0, 0.05) is 16.8 Å². The van der Waals surface area contributed by atoms with Crippen LogP contribution in [0.3, 0.4) is 0 Å². The molecule has 4 rings (SSSR count). The van der Waals surface area contributed by atoms with Crippen LogP contribution in [0, 0.1) is 0 Å². The molecule has 3 aromatic rings. The maximum atomic E-state index is 13.7. The zero-order chi connectivity index (χ0) is 23.4. The summed E-state index contributed by atoms with van der Waals surface area (Å²) in [4.78, 5) is 4.72. The van der Waals surface area contributed by atoms with Crippen molar-refractivity contribution in [1.82, 2.24) is 4.98 Å². The number of anilines is 1. The van der Waals surface area contributed by atoms with Crippen LogP contribution in [0.25, 0.3) is 17.0 Å². The topological polar surface area (TPSA) is 24.9 Å². The van der Waals surface area contributed by atoms with Crippen LogP contribution in [0.4, 0.5) is 19.0 Å². The molecule has 1 aliphatic carbocycles. The molecule has 1 N–H and O–H groups in total. The summed E-state index contributed by atoms with van der Waals surface area (Å²) >= 11 is 0. The number of hydrogen-bond acceptors (Lipinski definition) is 2. The van der Waals surface area contributed by atoms with Crippen molar-refractivity contribution in [3.05, 3.63) is 89.0 Å². The SMILES string of the molecule is C=C(Nc1nc(-c2ccccc2C(F)(F)F)cc2c1CCCC2)c1ccccc1CCCC. The molecule has 0 radical (unpaired) electrons. The molecule has 0 aliphatic heterocycles. The van der Waals surface area contributed by atoms with Crippen LogP contribution in [0.15, 0.2) is 61.2 Å². The minimum absolute atomic E-state index is 0.107. The number of benzene rings is 2. The second kappa shape index (κ2) is 9.82. The normalized spacial score (nSPS) is 13.5. The van der Waals surface area contributed by atoms with Gasteiger partial charge in [-0.3, -0.25) is 0 Å². The molecule has 172 valence electrons. The van der Waals surface area contributed by atoms with E-state index < -0.39 is 11.7 Å². The number of pyridine rings is 1. The largest absolute Gasteiger partial charge is 0.417 e. The van der Waals surface area contributed by atoms with Crippen LogP contribution in [-0.2, 0) is 25.4 Å². The van der Waals surface area contributed by atoms with E-state index in [1.54, 1.807) is 6.07 Å². The second-order valence-corrected chi connectivity index (χ2v) is 8.61. The first-order valence-electron chi connectivity index (χ1n) is 11.6. The van der Waals surface area contributed by atoms with Crippen molar-refractivity contribution in [1.29, 1.82) is 0 Å². The lowest BCUT2D eigenvalue weighted by Gasteiger charge is -2.23. The molecule has 5 heteroatoms. The van der Waals surface area contributed by atoms with Crippen LogP contribution >= 0.6 is 0 Å². The maximum absolute atomic E-state index is 13.7. The lowest BCUT2D eigenvalue weighted by atomic mass is 9.90. The Morgan fingerprint density at radius 3 is 2.55 bits per heavy atom. The summed E-state index contributed by atoms with van der Waals surface area (Å²) in [6.45, 7) is 6.43. The Labute approximate surface area is 193 Å². The number of halogens is 3. The molecule has 0 atom stereocenters. The van der Waals surface area contributed by atoms with Gasteiger partial charge in [-0.05, 0) is 67.3 Å². The fourth-order valence-corrected chi connectivity index (χ4v) is 4.55.